The van der Waals surface area contributed by atoms with Gasteiger partial charge >= 0.3 is 0 Å². The van der Waals surface area contributed by atoms with Crippen molar-refractivity contribution in [3.8, 4) is 0 Å². The van der Waals surface area contributed by atoms with E-state index >= 15 is 0 Å². The van der Waals surface area contributed by atoms with Gasteiger partial charge in [0.25, 0.3) is 0 Å². The molecule has 0 radical (unpaired) electrons. The van der Waals surface area contributed by atoms with Gasteiger partial charge in [0.1, 0.15) is 0 Å². The Balaban J connectivity index is 0. The molecule has 0 nitrogen and oxygen atoms in total. The first kappa shape index (κ1) is 23.7. The third-order valence-electron chi connectivity index (χ3n) is 4.31. The van der Waals surface area contributed by atoms with Gasteiger partial charge in [0.2, 0.25) is 0 Å². The van der Waals surface area contributed by atoms with E-state index in [-0.39, 0.29) is 20.3 Å². The Labute approximate surface area is 146 Å². The maximum Gasteiger partial charge on any atom is 0.0199 e. The summed E-state index contributed by atoms with van der Waals surface area (Å²) >= 11 is 0. The third kappa shape index (κ3) is 5.86. The minimum absolute atomic E-state index is 0. The molecule has 1 aliphatic rings. The lowest BCUT2D eigenvalue weighted by atomic mass is 9.64. The zero-order valence-corrected chi connectivity index (χ0v) is 13.9. The molecule has 0 atom stereocenters. The highest BCUT2D eigenvalue weighted by Gasteiger charge is 2.35. The molecule has 0 N–H and O–H groups in total. The molecule has 2 rings (SSSR count). The monoisotopic (exact) mass is 314 g/mol. The van der Waals surface area contributed by atoms with E-state index in [2.05, 4.69) is 62.1 Å². The smallest absolute Gasteiger partial charge is 0.0199 e. The molecule has 1 saturated carbocycles. The fourth-order valence-corrected chi connectivity index (χ4v) is 3.36. The van der Waals surface area contributed by atoms with E-state index in [0.717, 1.165) is 0 Å². The van der Waals surface area contributed by atoms with Gasteiger partial charge in [-0.3, -0.25) is 0 Å². The van der Waals surface area contributed by atoms with Crippen LogP contribution in [0.3, 0.4) is 0 Å². The fraction of sp³-hybridized carbons (Fsp3) is 0.478. The van der Waals surface area contributed by atoms with Gasteiger partial charge in [-0.25, -0.2) is 0 Å². The van der Waals surface area contributed by atoms with Gasteiger partial charge in [0, 0.05) is 5.41 Å². The maximum absolute atomic E-state index is 3.79. The molecule has 0 saturated heterocycles. The Bertz CT molecular complexity index is 456. The minimum Gasteiger partial charge on any atom is -0.0991 e. The van der Waals surface area contributed by atoms with Crippen molar-refractivity contribution in [3.05, 3.63) is 72.4 Å². The predicted octanol–water partition coefficient (Wildman–Crippen LogP) is 7.88. The molecule has 0 aliphatic heterocycles. The van der Waals surface area contributed by atoms with E-state index in [1.165, 1.54) is 43.2 Å². The normalized spacial score (nSPS) is 16.4. The van der Waals surface area contributed by atoms with Crippen molar-refractivity contribution in [2.45, 2.75) is 73.1 Å². The van der Waals surface area contributed by atoms with Gasteiger partial charge in [-0.2, -0.15) is 0 Å². The molecule has 1 aromatic rings. The van der Waals surface area contributed by atoms with Crippen molar-refractivity contribution >= 4 is 0 Å². The molecule has 130 valence electrons. The summed E-state index contributed by atoms with van der Waals surface area (Å²) in [6.07, 6.45) is 15.0. The fourth-order valence-electron chi connectivity index (χ4n) is 3.36. The zero-order chi connectivity index (χ0) is 15.6. The molecule has 0 amide bonds. The van der Waals surface area contributed by atoms with Crippen molar-refractivity contribution in [2.75, 3.05) is 0 Å². The SMILES string of the molecule is C.C.C=C/C=C\C(=C/C)C1(c2ccccc2)CCCCC1.CC. The van der Waals surface area contributed by atoms with Gasteiger partial charge in [0.05, 0.1) is 0 Å². The summed E-state index contributed by atoms with van der Waals surface area (Å²) in [6.45, 7) is 9.95. The number of rotatable bonds is 4. The molecule has 23 heavy (non-hydrogen) atoms. The first-order valence-corrected chi connectivity index (χ1v) is 8.35. The van der Waals surface area contributed by atoms with Gasteiger partial charge in [-0.15, -0.1) is 0 Å². The van der Waals surface area contributed by atoms with E-state index in [9.17, 15) is 0 Å². The molecular weight excluding hydrogens is 276 g/mol. The summed E-state index contributed by atoms with van der Waals surface area (Å²) in [5, 5.41) is 0. The molecule has 1 fully saturated rings. The summed E-state index contributed by atoms with van der Waals surface area (Å²) in [6, 6.07) is 11.0. The van der Waals surface area contributed by atoms with Crippen LogP contribution < -0.4 is 0 Å². The number of hydrogen-bond donors (Lipinski definition) is 0. The van der Waals surface area contributed by atoms with Crippen molar-refractivity contribution in [1.29, 1.82) is 0 Å². The van der Waals surface area contributed by atoms with Crippen LogP contribution in [-0.4, -0.2) is 0 Å². The Morgan fingerprint density at radius 2 is 1.57 bits per heavy atom. The Morgan fingerprint density at radius 1 is 1.00 bits per heavy atom. The van der Waals surface area contributed by atoms with Crippen molar-refractivity contribution < 1.29 is 0 Å². The minimum atomic E-state index is 0. The zero-order valence-electron chi connectivity index (χ0n) is 13.9. The standard InChI is InChI=1S/C19H24.C2H6.2CH4/c1-3-5-12-17(4-2)19(15-10-7-11-16-19)18-13-8-6-9-14-18;1-2;;/h3-6,8-9,12-14H,1,7,10-11,15-16H2,2H3;1-2H3;2*1H4/b12-5-,17-4+;;;. The van der Waals surface area contributed by atoms with E-state index in [4.69, 9.17) is 0 Å². The quantitative estimate of drug-likeness (QED) is 0.496. The van der Waals surface area contributed by atoms with Gasteiger partial charge in [-0.1, -0.05) is 109 Å². The second-order valence-corrected chi connectivity index (χ2v) is 5.35. The number of hydrogen-bond acceptors (Lipinski definition) is 0. The number of allylic oxidation sites excluding steroid dienone is 5. The van der Waals surface area contributed by atoms with Crippen molar-refractivity contribution in [2.24, 2.45) is 0 Å². The van der Waals surface area contributed by atoms with Crippen LogP contribution in [0.2, 0.25) is 0 Å². The van der Waals surface area contributed by atoms with Crippen LogP contribution in [0, 0.1) is 0 Å². The van der Waals surface area contributed by atoms with Crippen LogP contribution in [0.4, 0.5) is 0 Å². The van der Waals surface area contributed by atoms with E-state index in [1.54, 1.807) is 0 Å². The van der Waals surface area contributed by atoms with E-state index < -0.39 is 0 Å². The summed E-state index contributed by atoms with van der Waals surface area (Å²) in [5.41, 5.74) is 3.13. The Kier molecular flexibility index (Phi) is 13.3. The number of benzene rings is 1. The van der Waals surface area contributed by atoms with Crippen LogP contribution in [0.25, 0.3) is 0 Å². The van der Waals surface area contributed by atoms with Crippen LogP contribution in [-0.2, 0) is 5.41 Å². The second kappa shape index (κ2) is 12.9. The lowest BCUT2D eigenvalue weighted by molar-refractivity contribution is 0.345. The molecular formula is C23H38. The maximum atomic E-state index is 3.79. The van der Waals surface area contributed by atoms with Crippen molar-refractivity contribution in [3.63, 3.8) is 0 Å². The lowest BCUT2D eigenvalue weighted by Gasteiger charge is -2.39. The lowest BCUT2D eigenvalue weighted by Crippen LogP contribution is -2.30. The third-order valence-corrected chi connectivity index (χ3v) is 4.31. The second-order valence-electron chi connectivity index (χ2n) is 5.35. The predicted molar refractivity (Wildman–Crippen MR) is 109 cm³/mol. The topological polar surface area (TPSA) is 0 Å². The van der Waals surface area contributed by atoms with Crippen LogP contribution in [0.1, 0.15) is 73.3 Å². The highest BCUT2D eigenvalue weighted by atomic mass is 14.4. The van der Waals surface area contributed by atoms with E-state index in [0.29, 0.717) is 0 Å². The molecule has 0 spiro atoms. The average molecular weight is 315 g/mol. The summed E-state index contributed by atoms with van der Waals surface area (Å²) in [5.74, 6) is 0. The Morgan fingerprint density at radius 3 is 2.04 bits per heavy atom. The summed E-state index contributed by atoms with van der Waals surface area (Å²) < 4.78 is 0. The van der Waals surface area contributed by atoms with Gasteiger partial charge in [0.15, 0.2) is 0 Å². The highest BCUT2D eigenvalue weighted by Crippen LogP contribution is 2.45. The van der Waals surface area contributed by atoms with Gasteiger partial charge < -0.3 is 0 Å². The largest absolute Gasteiger partial charge is 0.0991 e. The van der Waals surface area contributed by atoms with Crippen LogP contribution >= 0.6 is 0 Å². The molecule has 0 bridgehead atoms. The van der Waals surface area contributed by atoms with Crippen LogP contribution in [0.5, 0.6) is 0 Å². The molecule has 1 aromatic carbocycles. The summed E-state index contributed by atoms with van der Waals surface area (Å²) in [4.78, 5) is 0. The Hall–Kier alpha value is -1.56. The molecule has 1 aliphatic carbocycles. The molecule has 0 aromatic heterocycles. The first-order chi connectivity index (χ1) is 10.3. The molecule has 0 heteroatoms. The van der Waals surface area contributed by atoms with Crippen molar-refractivity contribution in [1.82, 2.24) is 0 Å². The van der Waals surface area contributed by atoms with E-state index in [1.807, 2.05) is 19.9 Å². The molecule has 0 unspecified atom stereocenters. The van der Waals surface area contributed by atoms with Crippen LogP contribution in [0.15, 0.2) is 66.8 Å². The van der Waals surface area contributed by atoms with Gasteiger partial charge in [-0.05, 0) is 30.9 Å². The average Bonchev–Trinajstić information content (AvgIpc) is 2.59. The highest BCUT2D eigenvalue weighted by molar-refractivity contribution is 5.42. The molecule has 0 heterocycles. The summed E-state index contributed by atoms with van der Waals surface area (Å²) in [7, 11) is 0. The first-order valence-electron chi connectivity index (χ1n) is 8.35.